The van der Waals surface area contributed by atoms with Crippen LogP contribution in [0, 0.1) is 18.3 Å². The standard InChI is InChI=1S/C23H18N2O4S/c1-15-5-8-18(9-6-15)25-22(26)17(14-24)12-16-7-10-19(20(13-16)28-2)29-23(27)21-4-3-11-30-21/h3-13H,1-2H3,(H,25,26)/b17-12+. The SMILES string of the molecule is COc1cc(/C=C(\C#N)C(=O)Nc2ccc(C)cc2)ccc1OC(=O)c1cccs1. The second kappa shape index (κ2) is 9.54. The number of aryl methyl sites for hydroxylation is 1. The quantitative estimate of drug-likeness (QED) is 0.268. The molecule has 0 atom stereocenters. The van der Waals surface area contributed by atoms with Gasteiger partial charge in [-0.25, -0.2) is 4.79 Å². The average Bonchev–Trinajstić information content (AvgIpc) is 3.29. The smallest absolute Gasteiger partial charge is 0.353 e. The predicted octanol–water partition coefficient (Wildman–Crippen LogP) is 4.83. The maximum absolute atomic E-state index is 12.4. The van der Waals surface area contributed by atoms with Gasteiger partial charge in [0.2, 0.25) is 0 Å². The minimum Gasteiger partial charge on any atom is -0.493 e. The van der Waals surface area contributed by atoms with Gasteiger partial charge in [0.05, 0.1) is 7.11 Å². The minimum absolute atomic E-state index is 0.0686. The van der Waals surface area contributed by atoms with Gasteiger partial charge in [-0.15, -0.1) is 11.3 Å². The van der Waals surface area contributed by atoms with Gasteiger partial charge in [0.25, 0.3) is 5.91 Å². The van der Waals surface area contributed by atoms with Gasteiger partial charge in [-0.3, -0.25) is 4.79 Å². The Morgan fingerprint density at radius 3 is 2.50 bits per heavy atom. The van der Waals surface area contributed by atoms with E-state index in [0.717, 1.165) is 5.56 Å². The summed E-state index contributed by atoms with van der Waals surface area (Å²) in [5, 5.41) is 13.9. The van der Waals surface area contributed by atoms with E-state index >= 15 is 0 Å². The molecule has 7 heteroatoms. The van der Waals surface area contributed by atoms with Crippen molar-refractivity contribution in [3.63, 3.8) is 0 Å². The van der Waals surface area contributed by atoms with Gasteiger partial charge in [-0.2, -0.15) is 5.26 Å². The van der Waals surface area contributed by atoms with E-state index in [0.29, 0.717) is 21.9 Å². The first-order valence-corrected chi connectivity index (χ1v) is 9.81. The number of nitriles is 1. The van der Waals surface area contributed by atoms with Crippen LogP contribution in [0.5, 0.6) is 11.5 Å². The van der Waals surface area contributed by atoms with Crippen LogP contribution in [0.4, 0.5) is 5.69 Å². The number of thiophene rings is 1. The maximum atomic E-state index is 12.4. The van der Waals surface area contributed by atoms with Crippen LogP contribution in [0.15, 0.2) is 65.6 Å². The van der Waals surface area contributed by atoms with E-state index < -0.39 is 11.9 Å². The number of benzene rings is 2. The van der Waals surface area contributed by atoms with E-state index in [9.17, 15) is 14.9 Å². The van der Waals surface area contributed by atoms with Crippen LogP contribution in [-0.2, 0) is 4.79 Å². The molecule has 0 aliphatic carbocycles. The molecule has 3 aromatic rings. The lowest BCUT2D eigenvalue weighted by Gasteiger charge is -2.10. The molecule has 1 heterocycles. The van der Waals surface area contributed by atoms with Crippen molar-refractivity contribution in [3.8, 4) is 17.6 Å². The highest BCUT2D eigenvalue weighted by atomic mass is 32.1. The number of rotatable bonds is 6. The summed E-state index contributed by atoms with van der Waals surface area (Å²) in [5.74, 6) is -0.448. The van der Waals surface area contributed by atoms with Crippen molar-refractivity contribution in [2.75, 3.05) is 12.4 Å². The Balaban J connectivity index is 1.79. The Morgan fingerprint density at radius 1 is 1.10 bits per heavy atom. The summed E-state index contributed by atoms with van der Waals surface area (Å²) >= 11 is 1.28. The molecule has 0 fully saturated rings. The minimum atomic E-state index is -0.520. The summed E-state index contributed by atoms with van der Waals surface area (Å²) in [6.45, 7) is 1.95. The van der Waals surface area contributed by atoms with Crippen LogP contribution in [0.3, 0.4) is 0 Å². The topological polar surface area (TPSA) is 88.4 Å². The summed E-state index contributed by atoms with van der Waals surface area (Å²) in [6.07, 6.45) is 1.44. The third-order valence-electron chi connectivity index (χ3n) is 4.10. The number of hydrogen-bond acceptors (Lipinski definition) is 6. The van der Waals surface area contributed by atoms with Crippen molar-refractivity contribution >= 4 is 35.0 Å². The second-order valence-electron chi connectivity index (χ2n) is 6.27. The first-order chi connectivity index (χ1) is 14.5. The second-order valence-corrected chi connectivity index (χ2v) is 7.21. The highest BCUT2D eigenvalue weighted by Crippen LogP contribution is 2.30. The van der Waals surface area contributed by atoms with E-state index in [4.69, 9.17) is 9.47 Å². The van der Waals surface area contributed by atoms with Crippen LogP contribution < -0.4 is 14.8 Å². The number of nitrogens with zero attached hydrogens (tertiary/aromatic N) is 1. The predicted molar refractivity (Wildman–Crippen MR) is 116 cm³/mol. The van der Waals surface area contributed by atoms with Crippen molar-refractivity contribution in [1.29, 1.82) is 5.26 Å². The Morgan fingerprint density at radius 2 is 1.87 bits per heavy atom. The Kier molecular flexibility index (Phi) is 6.63. The van der Waals surface area contributed by atoms with Crippen molar-refractivity contribution in [3.05, 3.63) is 81.6 Å². The number of ether oxygens (including phenoxy) is 2. The summed E-state index contributed by atoms with van der Waals surface area (Å²) in [4.78, 5) is 25.1. The molecule has 0 radical (unpaired) electrons. The lowest BCUT2D eigenvalue weighted by molar-refractivity contribution is -0.112. The van der Waals surface area contributed by atoms with Crippen molar-refractivity contribution in [1.82, 2.24) is 0 Å². The van der Waals surface area contributed by atoms with Gasteiger partial charge >= 0.3 is 5.97 Å². The number of carbonyl (C=O) groups excluding carboxylic acids is 2. The van der Waals surface area contributed by atoms with E-state index in [1.807, 2.05) is 25.1 Å². The van der Waals surface area contributed by atoms with E-state index in [1.165, 1.54) is 24.5 Å². The number of esters is 1. The van der Waals surface area contributed by atoms with Gasteiger partial charge in [0, 0.05) is 5.69 Å². The van der Waals surface area contributed by atoms with Crippen LogP contribution in [0.2, 0.25) is 0 Å². The number of amides is 1. The highest BCUT2D eigenvalue weighted by molar-refractivity contribution is 7.12. The van der Waals surface area contributed by atoms with E-state index in [1.54, 1.807) is 47.8 Å². The number of methoxy groups -OCH3 is 1. The molecule has 6 nitrogen and oxygen atoms in total. The summed E-state index contributed by atoms with van der Waals surface area (Å²) in [6, 6.07) is 17.4. The molecule has 0 saturated heterocycles. The van der Waals surface area contributed by atoms with Gasteiger partial charge in [-0.1, -0.05) is 29.8 Å². The molecular formula is C23H18N2O4S. The number of carbonyl (C=O) groups is 2. The Hall–Kier alpha value is -3.89. The fourth-order valence-electron chi connectivity index (χ4n) is 2.55. The van der Waals surface area contributed by atoms with Crippen molar-refractivity contribution in [2.24, 2.45) is 0 Å². The monoisotopic (exact) mass is 418 g/mol. The molecular weight excluding hydrogens is 400 g/mol. The zero-order valence-electron chi connectivity index (χ0n) is 16.3. The fourth-order valence-corrected chi connectivity index (χ4v) is 3.15. The Labute approximate surface area is 178 Å². The first-order valence-electron chi connectivity index (χ1n) is 8.93. The van der Waals surface area contributed by atoms with Crippen LogP contribution in [0.1, 0.15) is 20.8 Å². The van der Waals surface area contributed by atoms with Crippen LogP contribution in [0.25, 0.3) is 6.08 Å². The van der Waals surface area contributed by atoms with Gasteiger partial charge in [0.1, 0.15) is 16.5 Å². The van der Waals surface area contributed by atoms with Crippen molar-refractivity contribution in [2.45, 2.75) is 6.92 Å². The van der Waals surface area contributed by atoms with Crippen molar-refractivity contribution < 1.29 is 19.1 Å². The molecule has 30 heavy (non-hydrogen) atoms. The largest absolute Gasteiger partial charge is 0.493 e. The third-order valence-corrected chi connectivity index (χ3v) is 4.95. The number of nitrogens with one attached hydrogen (secondary N) is 1. The molecule has 3 rings (SSSR count). The fraction of sp³-hybridized carbons (Fsp3) is 0.0870. The first kappa shape index (κ1) is 20.8. The summed E-state index contributed by atoms with van der Waals surface area (Å²) in [7, 11) is 1.45. The molecule has 1 aromatic heterocycles. The maximum Gasteiger partial charge on any atom is 0.353 e. The molecule has 0 unspecified atom stereocenters. The summed E-state index contributed by atoms with van der Waals surface area (Å²) in [5.41, 5.74) is 2.15. The van der Waals surface area contributed by atoms with Gasteiger partial charge in [0.15, 0.2) is 11.5 Å². The normalized spacial score (nSPS) is 10.8. The zero-order valence-corrected chi connectivity index (χ0v) is 17.2. The number of anilines is 1. The Bertz CT molecular complexity index is 1130. The lowest BCUT2D eigenvalue weighted by Crippen LogP contribution is -2.13. The molecule has 0 spiro atoms. The molecule has 0 aliphatic heterocycles. The summed E-state index contributed by atoms with van der Waals surface area (Å²) < 4.78 is 10.7. The van der Waals surface area contributed by atoms with E-state index in [2.05, 4.69) is 5.32 Å². The zero-order chi connectivity index (χ0) is 21.5. The van der Waals surface area contributed by atoms with E-state index in [-0.39, 0.29) is 11.3 Å². The molecule has 1 amide bonds. The third kappa shape index (κ3) is 5.13. The molecule has 1 N–H and O–H groups in total. The van der Waals surface area contributed by atoms with Crippen LogP contribution in [-0.4, -0.2) is 19.0 Å². The van der Waals surface area contributed by atoms with Gasteiger partial charge in [-0.05, 0) is 54.3 Å². The molecule has 0 bridgehead atoms. The lowest BCUT2D eigenvalue weighted by atomic mass is 10.1. The van der Waals surface area contributed by atoms with Crippen LogP contribution >= 0.6 is 11.3 Å². The number of hydrogen-bond donors (Lipinski definition) is 1. The molecule has 0 aliphatic rings. The highest BCUT2D eigenvalue weighted by Gasteiger charge is 2.15. The average molecular weight is 418 g/mol. The molecule has 2 aromatic carbocycles. The van der Waals surface area contributed by atoms with Gasteiger partial charge < -0.3 is 14.8 Å². The molecule has 150 valence electrons. The molecule has 0 saturated carbocycles.